The molecule has 88 valence electrons. The third kappa shape index (κ3) is 3.47. The molecule has 1 aromatic carbocycles. The molecule has 0 unspecified atom stereocenters. The maximum Gasteiger partial charge on any atom is 0.241 e. The van der Waals surface area contributed by atoms with Crippen molar-refractivity contribution >= 4 is 16.1 Å². The van der Waals surface area contributed by atoms with Crippen LogP contribution in [0.1, 0.15) is 26.3 Å². The maximum atomic E-state index is 11.9. The molecule has 0 aliphatic heterocycles. The molecule has 0 spiro atoms. The fourth-order valence-electron chi connectivity index (χ4n) is 1.25. The lowest BCUT2D eigenvalue weighted by molar-refractivity contribution is 0.491. The van der Waals surface area contributed by atoms with Gasteiger partial charge in [-0.15, -0.1) is 0 Å². The van der Waals surface area contributed by atoms with Crippen molar-refractivity contribution in [3.63, 3.8) is 0 Å². The monoisotopic (exact) mass is 239 g/mol. The Hall–Kier alpha value is -1.13. The highest BCUT2D eigenvalue weighted by atomic mass is 32.2. The summed E-state index contributed by atoms with van der Waals surface area (Å²) in [7, 11) is -3.43. The summed E-state index contributed by atoms with van der Waals surface area (Å²) >= 11 is 0. The predicted molar refractivity (Wildman–Crippen MR) is 66.6 cm³/mol. The van der Waals surface area contributed by atoms with E-state index < -0.39 is 15.6 Å². The van der Waals surface area contributed by atoms with Gasteiger partial charge in [0.1, 0.15) is 0 Å². The lowest BCUT2D eigenvalue weighted by atomic mass is 10.1. The minimum absolute atomic E-state index is 0.271. The third-order valence-electron chi connectivity index (χ3n) is 1.87. The van der Waals surface area contributed by atoms with Crippen LogP contribution in [-0.4, -0.2) is 14.0 Å². The summed E-state index contributed by atoms with van der Waals surface area (Å²) in [6.07, 6.45) is 1.67. The molecule has 4 heteroatoms. The molecule has 0 saturated heterocycles. The summed E-state index contributed by atoms with van der Waals surface area (Å²) in [5, 5.41) is 0. The van der Waals surface area contributed by atoms with Gasteiger partial charge in [-0.05, 0) is 38.5 Å². The highest BCUT2D eigenvalue weighted by molar-refractivity contribution is 7.89. The number of nitrogens with one attached hydrogen (secondary N) is 1. The first-order chi connectivity index (χ1) is 7.24. The van der Waals surface area contributed by atoms with Crippen molar-refractivity contribution < 1.29 is 8.42 Å². The molecule has 0 heterocycles. The normalized spacial score (nSPS) is 12.4. The molecule has 0 radical (unpaired) electrons. The Morgan fingerprint density at radius 2 is 1.69 bits per heavy atom. The SMILES string of the molecule is C=Cc1ccc(S(=O)(=O)NC(C)(C)C)cc1. The van der Waals surface area contributed by atoms with E-state index in [1.807, 2.05) is 20.8 Å². The van der Waals surface area contributed by atoms with Gasteiger partial charge in [0, 0.05) is 5.54 Å². The smallest absolute Gasteiger partial charge is 0.207 e. The Kier molecular flexibility index (Phi) is 3.55. The van der Waals surface area contributed by atoms with Crippen LogP contribution >= 0.6 is 0 Å². The summed E-state index contributed by atoms with van der Waals surface area (Å²) in [4.78, 5) is 0.271. The minimum Gasteiger partial charge on any atom is -0.207 e. The first-order valence-corrected chi connectivity index (χ1v) is 6.49. The second-order valence-electron chi connectivity index (χ2n) is 4.63. The van der Waals surface area contributed by atoms with Gasteiger partial charge in [0.25, 0.3) is 0 Å². The molecule has 0 amide bonds. The molecule has 0 saturated carbocycles. The summed E-state index contributed by atoms with van der Waals surface area (Å²) in [5.74, 6) is 0. The molecular weight excluding hydrogens is 222 g/mol. The van der Waals surface area contributed by atoms with E-state index in [4.69, 9.17) is 0 Å². The van der Waals surface area contributed by atoms with E-state index in [1.54, 1.807) is 30.3 Å². The average Bonchev–Trinajstić information content (AvgIpc) is 2.14. The van der Waals surface area contributed by atoms with Crippen molar-refractivity contribution in [3.05, 3.63) is 36.4 Å². The molecule has 1 aromatic rings. The van der Waals surface area contributed by atoms with Crippen LogP contribution in [0.3, 0.4) is 0 Å². The average molecular weight is 239 g/mol. The van der Waals surface area contributed by atoms with E-state index in [1.165, 1.54) is 0 Å². The molecule has 1 N–H and O–H groups in total. The van der Waals surface area contributed by atoms with E-state index >= 15 is 0 Å². The minimum atomic E-state index is -3.43. The van der Waals surface area contributed by atoms with Crippen LogP contribution in [0.2, 0.25) is 0 Å². The molecule has 3 nitrogen and oxygen atoms in total. The Balaban J connectivity index is 3.03. The van der Waals surface area contributed by atoms with Crippen molar-refractivity contribution in [2.75, 3.05) is 0 Å². The number of rotatable bonds is 3. The highest BCUT2D eigenvalue weighted by Gasteiger charge is 2.21. The maximum absolute atomic E-state index is 11.9. The van der Waals surface area contributed by atoms with Gasteiger partial charge in [0.05, 0.1) is 4.90 Å². The number of sulfonamides is 1. The predicted octanol–water partition coefficient (Wildman–Crippen LogP) is 2.41. The lowest BCUT2D eigenvalue weighted by Gasteiger charge is -2.20. The standard InChI is InChI=1S/C12H17NO2S/c1-5-10-6-8-11(9-7-10)16(14,15)13-12(2,3)4/h5-9,13H,1H2,2-4H3. The zero-order valence-electron chi connectivity index (χ0n) is 9.82. The van der Waals surface area contributed by atoms with Crippen molar-refractivity contribution in [2.45, 2.75) is 31.2 Å². The summed E-state index contributed by atoms with van der Waals surface area (Å²) in [6, 6.07) is 6.60. The van der Waals surface area contributed by atoms with Crippen molar-refractivity contribution in [3.8, 4) is 0 Å². The van der Waals surface area contributed by atoms with Crippen LogP contribution in [0.4, 0.5) is 0 Å². The van der Waals surface area contributed by atoms with Gasteiger partial charge in [-0.2, -0.15) is 0 Å². The van der Waals surface area contributed by atoms with Crippen LogP contribution in [0.15, 0.2) is 35.7 Å². The molecule has 0 atom stereocenters. The number of benzene rings is 1. The topological polar surface area (TPSA) is 46.2 Å². The van der Waals surface area contributed by atoms with Crippen LogP contribution in [0.5, 0.6) is 0 Å². The summed E-state index contributed by atoms with van der Waals surface area (Å²) < 4.78 is 26.4. The van der Waals surface area contributed by atoms with Gasteiger partial charge in [0.15, 0.2) is 0 Å². The molecule has 0 fully saturated rings. The van der Waals surface area contributed by atoms with E-state index in [0.29, 0.717) is 0 Å². The van der Waals surface area contributed by atoms with Crippen LogP contribution in [0, 0.1) is 0 Å². The Labute approximate surface area is 97.2 Å². The second kappa shape index (κ2) is 4.39. The third-order valence-corrected chi connectivity index (χ3v) is 3.64. The second-order valence-corrected chi connectivity index (χ2v) is 6.31. The summed E-state index contributed by atoms with van der Waals surface area (Å²) in [5.41, 5.74) is 0.422. The van der Waals surface area contributed by atoms with E-state index in [0.717, 1.165) is 5.56 Å². The Morgan fingerprint density at radius 1 is 1.19 bits per heavy atom. The van der Waals surface area contributed by atoms with Gasteiger partial charge in [0.2, 0.25) is 10.0 Å². The van der Waals surface area contributed by atoms with Gasteiger partial charge >= 0.3 is 0 Å². The zero-order chi connectivity index (χ0) is 12.4. The van der Waals surface area contributed by atoms with Crippen molar-refractivity contribution in [2.24, 2.45) is 0 Å². The van der Waals surface area contributed by atoms with Crippen molar-refractivity contribution in [1.29, 1.82) is 0 Å². The summed E-state index contributed by atoms with van der Waals surface area (Å²) in [6.45, 7) is 9.04. The Morgan fingerprint density at radius 3 is 2.06 bits per heavy atom. The quantitative estimate of drug-likeness (QED) is 0.880. The van der Waals surface area contributed by atoms with Gasteiger partial charge in [-0.3, -0.25) is 0 Å². The van der Waals surface area contributed by atoms with Crippen LogP contribution in [-0.2, 0) is 10.0 Å². The molecule has 0 aliphatic rings. The molecule has 1 rings (SSSR count). The first kappa shape index (κ1) is 12.9. The molecule has 16 heavy (non-hydrogen) atoms. The van der Waals surface area contributed by atoms with E-state index in [2.05, 4.69) is 11.3 Å². The number of hydrogen-bond acceptors (Lipinski definition) is 2. The largest absolute Gasteiger partial charge is 0.241 e. The first-order valence-electron chi connectivity index (χ1n) is 5.01. The van der Waals surface area contributed by atoms with Crippen LogP contribution < -0.4 is 4.72 Å². The van der Waals surface area contributed by atoms with E-state index in [9.17, 15) is 8.42 Å². The fourth-order valence-corrected chi connectivity index (χ4v) is 2.66. The molecule has 0 aliphatic carbocycles. The van der Waals surface area contributed by atoms with Gasteiger partial charge in [-0.25, -0.2) is 13.1 Å². The highest BCUT2D eigenvalue weighted by Crippen LogP contribution is 2.14. The van der Waals surface area contributed by atoms with Crippen LogP contribution in [0.25, 0.3) is 6.08 Å². The zero-order valence-corrected chi connectivity index (χ0v) is 10.6. The van der Waals surface area contributed by atoms with Gasteiger partial charge < -0.3 is 0 Å². The number of hydrogen-bond donors (Lipinski definition) is 1. The van der Waals surface area contributed by atoms with Gasteiger partial charge in [-0.1, -0.05) is 24.8 Å². The lowest BCUT2D eigenvalue weighted by Crippen LogP contribution is -2.40. The Bertz CT molecular complexity index is 467. The molecule has 0 aromatic heterocycles. The van der Waals surface area contributed by atoms with E-state index in [-0.39, 0.29) is 4.90 Å². The molecular formula is C12H17NO2S. The fraction of sp³-hybridized carbons (Fsp3) is 0.333. The van der Waals surface area contributed by atoms with Crippen molar-refractivity contribution in [1.82, 2.24) is 4.72 Å². The molecule has 0 bridgehead atoms.